The first-order valence-corrected chi connectivity index (χ1v) is 10.5. The number of amides is 1. The second-order valence-corrected chi connectivity index (χ2v) is 9.22. The van der Waals surface area contributed by atoms with Crippen molar-refractivity contribution < 1.29 is 13.2 Å². The van der Waals surface area contributed by atoms with Crippen LogP contribution >= 0.6 is 0 Å². The Morgan fingerprint density at radius 3 is 2.42 bits per heavy atom. The third-order valence-electron chi connectivity index (χ3n) is 5.29. The van der Waals surface area contributed by atoms with Gasteiger partial charge in [0.05, 0.1) is 10.3 Å². The number of benzene rings is 1. The lowest BCUT2D eigenvalue weighted by Gasteiger charge is -2.23. The summed E-state index contributed by atoms with van der Waals surface area (Å²) < 4.78 is 23.1. The molecule has 0 aromatic heterocycles. The van der Waals surface area contributed by atoms with Crippen LogP contribution < -0.4 is 0 Å². The van der Waals surface area contributed by atoms with E-state index in [-0.39, 0.29) is 5.41 Å². The molecule has 2 saturated heterocycles. The van der Waals surface area contributed by atoms with Gasteiger partial charge in [-0.05, 0) is 43.5 Å². The number of nitrogens with zero attached hydrogens (tertiary/aromatic N) is 2. The summed E-state index contributed by atoms with van der Waals surface area (Å²) in [5, 5.41) is 0. The van der Waals surface area contributed by atoms with Gasteiger partial charge < -0.3 is 4.90 Å². The molecule has 6 heteroatoms. The Kier molecular flexibility index (Phi) is 4.71. The van der Waals surface area contributed by atoms with Crippen LogP contribution in [0.3, 0.4) is 0 Å². The second-order valence-electron chi connectivity index (χ2n) is 7.20. The number of carbonyl (C=O) groups excluding carboxylic acids is 1. The Labute approximate surface area is 144 Å². The Bertz CT molecular complexity index is 714. The zero-order valence-corrected chi connectivity index (χ0v) is 15.3. The molecule has 2 aliphatic rings. The van der Waals surface area contributed by atoms with E-state index >= 15 is 0 Å². The van der Waals surface area contributed by atoms with Crippen molar-refractivity contribution in [3.63, 3.8) is 0 Å². The molecule has 1 aromatic rings. The molecule has 0 saturated carbocycles. The topological polar surface area (TPSA) is 57.7 Å². The van der Waals surface area contributed by atoms with E-state index in [1.54, 1.807) is 12.1 Å². The molecule has 0 bridgehead atoms. The van der Waals surface area contributed by atoms with Crippen molar-refractivity contribution in [1.82, 2.24) is 9.80 Å². The van der Waals surface area contributed by atoms with Crippen molar-refractivity contribution in [2.75, 3.05) is 32.4 Å². The lowest BCUT2D eigenvalue weighted by molar-refractivity contribution is -0.135. The Morgan fingerprint density at radius 1 is 1.12 bits per heavy atom. The average molecular weight is 350 g/mol. The van der Waals surface area contributed by atoms with E-state index in [1.807, 2.05) is 17.0 Å². The maximum absolute atomic E-state index is 12.7. The van der Waals surface area contributed by atoms with Crippen LogP contribution in [0.25, 0.3) is 0 Å². The molecule has 2 aliphatic heterocycles. The van der Waals surface area contributed by atoms with Gasteiger partial charge in [-0.3, -0.25) is 9.69 Å². The summed E-state index contributed by atoms with van der Waals surface area (Å²) in [5.74, 6) is 0.333. The number of hydrogen-bond acceptors (Lipinski definition) is 4. The standard InChI is InChI=1S/C18H26N2O3S/c1-3-10-20-12-9-18(17(20)21)8-11-19(14-18)13-15-4-6-16(7-5-15)24(2,22)23/h4-7H,3,8-14H2,1-2H3. The minimum Gasteiger partial charge on any atom is -0.342 e. The highest BCUT2D eigenvalue weighted by Crippen LogP contribution is 2.41. The van der Waals surface area contributed by atoms with Crippen LogP contribution in [0.4, 0.5) is 0 Å². The molecular formula is C18H26N2O3S. The number of rotatable bonds is 5. The Morgan fingerprint density at radius 2 is 1.79 bits per heavy atom. The van der Waals surface area contributed by atoms with Crippen molar-refractivity contribution in [3.8, 4) is 0 Å². The highest BCUT2D eigenvalue weighted by molar-refractivity contribution is 7.90. The molecule has 132 valence electrons. The van der Waals surface area contributed by atoms with E-state index in [9.17, 15) is 13.2 Å². The van der Waals surface area contributed by atoms with Gasteiger partial charge in [-0.1, -0.05) is 19.1 Å². The summed E-state index contributed by atoms with van der Waals surface area (Å²) in [5.41, 5.74) is 0.914. The van der Waals surface area contributed by atoms with Crippen molar-refractivity contribution in [1.29, 1.82) is 0 Å². The normalized spacial score (nSPS) is 25.1. The second kappa shape index (κ2) is 6.48. The number of carbonyl (C=O) groups is 1. The Hall–Kier alpha value is -1.40. The molecule has 1 aromatic carbocycles. The SMILES string of the molecule is CCCN1CCC2(CCN(Cc3ccc(S(C)(=O)=O)cc3)C2)C1=O. The molecule has 1 amide bonds. The average Bonchev–Trinajstić information content (AvgIpc) is 3.07. The van der Waals surface area contributed by atoms with Crippen LogP contribution in [0.1, 0.15) is 31.7 Å². The molecule has 1 atom stereocenters. The van der Waals surface area contributed by atoms with Gasteiger partial charge >= 0.3 is 0 Å². The van der Waals surface area contributed by atoms with E-state index in [0.29, 0.717) is 10.8 Å². The third-order valence-corrected chi connectivity index (χ3v) is 6.41. The van der Waals surface area contributed by atoms with Gasteiger partial charge in [0.2, 0.25) is 5.91 Å². The third kappa shape index (κ3) is 3.35. The first-order chi connectivity index (χ1) is 11.3. The van der Waals surface area contributed by atoms with Crippen LogP contribution in [0.5, 0.6) is 0 Å². The minimum atomic E-state index is -3.15. The van der Waals surface area contributed by atoms with Gasteiger partial charge in [0, 0.05) is 32.4 Å². The molecule has 2 fully saturated rings. The number of likely N-dealkylation sites (tertiary alicyclic amines) is 2. The highest BCUT2D eigenvalue weighted by atomic mass is 32.2. The van der Waals surface area contributed by atoms with Crippen molar-refractivity contribution in [2.24, 2.45) is 5.41 Å². The molecule has 1 unspecified atom stereocenters. The van der Waals surface area contributed by atoms with Crippen molar-refractivity contribution in [3.05, 3.63) is 29.8 Å². The zero-order valence-electron chi connectivity index (χ0n) is 14.5. The van der Waals surface area contributed by atoms with Gasteiger partial charge in [-0.15, -0.1) is 0 Å². The summed E-state index contributed by atoms with van der Waals surface area (Å²) >= 11 is 0. The maximum atomic E-state index is 12.7. The number of sulfone groups is 1. The largest absolute Gasteiger partial charge is 0.342 e. The summed E-state index contributed by atoms with van der Waals surface area (Å²) in [6.45, 7) is 6.39. The first kappa shape index (κ1) is 17.4. The molecule has 5 nitrogen and oxygen atoms in total. The van der Waals surface area contributed by atoms with E-state index in [1.165, 1.54) is 6.26 Å². The summed E-state index contributed by atoms with van der Waals surface area (Å²) in [6, 6.07) is 7.09. The predicted octanol–water partition coefficient (Wildman–Crippen LogP) is 1.92. The maximum Gasteiger partial charge on any atom is 0.230 e. The van der Waals surface area contributed by atoms with E-state index in [0.717, 1.165) is 57.5 Å². The fraction of sp³-hybridized carbons (Fsp3) is 0.611. The predicted molar refractivity (Wildman–Crippen MR) is 93.4 cm³/mol. The monoisotopic (exact) mass is 350 g/mol. The quantitative estimate of drug-likeness (QED) is 0.814. The fourth-order valence-electron chi connectivity index (χ4n) is 3.95. The molecular weight excluding hydrogens is 324 g/mol. The van der Waals surface area contributed by atoms with Gasteiger partial charge in [-0.25, -0.2) is 8.42 Å². The molecule has 1 spiro atoms. The molecule has 0 radical (unpaired) electrons. The van der Waals surface area contributed by atoms with Crippen LogP contribution in [0.2, 0.25) is 0 Å². The van der Waals surface area contributed by atoms with E-state index in [4.69, 9.17) is 0 Å². The van der Waals surface area contributed by atoms with E-state index < -0.39 is 9.84 Å². The van der Waals surface area contributed by atoms with Crippen molar-refractivity contribution in [2.45, 2.75) is 37.6 Å². The summed E-state index contributed by atoms with van der Waals surface area (Å²) in [4.78, 5) is 17.4. The minimum absolute atomic E-state index is 0.179. The zero-order chi connectivity index (χ0) is 17.4. The van der Waals surface area contributed by atoms with E-state index in [2.05, 4.69) is 11.8 Å². The molecule has 3 rings (SSSR count). The van der Waals surface area contributed by atoms with Crippen LogP contribution in [-0.2, 0) is 21.2 Å². The van der Waals surface area contributed by atoms with Gasteiger partial charge in [-0.2, -0.15) is 0 Å². The van der Waals surface area contributed by atoms with Crippen molar-refractivity contribution >= 4 is 15.7 Å². The Balaban J connectivity index is 1.64. The van der Waals surface area contributed by atoms with Crippen LogP contribution in [0, 0.1) is 5.41 Å². The first-order valence-electron chi connectivity index (χ1n) is 8.65. The van der Waals surface area contributed by atoms with Gasteiger partial charge in [0.15, 0.2) is 9.84 Å². The molecule has 24 heavy (non-hydrogen) atoms. The summed E-state index contributed by atoms with van der Waals surface area (Å²) in [6.07, 6.45) is 4.14. The highest BCUT2D eigenvalue weighted by Gasteiger charge is 2.50. The summed E-state index contributed by atoms with van der Waals surface area (Å²) in [7, 11) is -3.15. The molecule has 0 N–H and O–H groups in total. The number of hydrogen-bond donors (Lipinski definition) is 0. The van der Waals surface area contributed by atoms with Gasteiger partial charge in [0.1, 0.15) is 0 Å². The van der Waals surface area contributed by atoms with Crippen LogP contribution in [-0.4, -0.2) is 56.6 Å². The molecule has 2 heterocycles. The lowest BCUT2D eigenvalue weighted by atomic mass is 9.85. The lowest BCUT2D eigenvalue weighted by Crippen LogP contribution is -2.37. The molecule has 0 aliphatic carbocycles. The van der Waals surface area contributed by atoms with Gasteiger partial charge in [0.25, 0.3) is 0 Å². The fourth-order valence-corrected chi connectivity index (χ4v) is 4.58. The van der Waals surface area contributed by atoms with Crippen LogP contribution in [0.15, 0.2) is 29.2 Å². The smallest absolute Gasteiger partial charge is 0.230 e.